The quantitative estimate of drug-likeness (QED) is 0.338. The van der Waals surface area contributed by atoms with Gasteiger partial charge in [0.1, 0.15) is 11.5 Å². The van der Waals surface area contributed by atoms with Gasteiger partial charge in [-0.3, -0.25) is 19.3 Å². The molecule has 0 unspecified atom stereocenters. The predicted octanol–water partition coefficient (Wildman–Crippen LogP) is 6.26. The van der Waals surface area contributed by atoms with E-state index in [-0.39, 0.29) is 24.0 Å². The molecule has 0 saturated carbocycles. The number of ether oxygens (including phenoxy) is 2. The lowest BCUT2D eigenvalue weighted by molar-refractivity contribution is -0.123. The smallest absolute Gasteiger partial charge is 0.293 e. The molecule has 36 heavy (non-hydrogen) atoms. The van der Waals surface area contributed by atoms with Crippen LogP contribution in [0.25, 0.3) is 6.08 Å². The van der Waals surface area contributed by atoms with Crippen LogP contribution in [0.15, 0.2) is 71.6 Å². The third kappa shape index (κ3) is 6.02. The van der Waals surface area contributed by atoms with Crippen molar-refractivity contribution in [3.05, 3.63) is 92.8 Å². The first-order valence-corrected chi connectivity index (χ1v) is 12.3. The van der Waals surface area contributed by atoms with Gasteiger partial charge < -0.3 is 14.8 Å². The summed E-state index contributed by atoms with van der Waals surface area (Å²) >= 11 is 13.2. The summed E-state index contributed by atoms with van der Waals surface area (Å²) in [5.74, 6) is 0.267. The van der Waals surface area contributed by atoms with Crippen LogP contribution < -0.4 is 14.8 Å². The van der Waals surface area contributed by atoms with Crippen molar-refractivity contribution in [1.29, 1.82) is 0 Å². The SMILES string of the molecule is COc1ccccc1NC(=O)COc1ccc(/C=C2\SC(=O)N(Cc3c(Cl)cccc3Cl)C2=O)cc1. The lowest BCUT2D eigenvalue weighted by Crippen LogP contribution is -2.27. The first-order valence-electron chi connectivity index (χ1n) is 10.7. The number of anilines is 1. The second-order valence-electron chi connectivity index (χ2n) is 7.57. The van der Waals surface area contributed by atoms with E-state index in [1.807, 2.05) is 0 Å². The van der Waals surface area contributed by atoms with Crippen LogP contribution in [0.4, 0.5) is 10.5 Å². The van der Waals surface area contributed by atoms with Crippen molar-refractivity contribution < 1.29 is 23.9 Å². The van der Waals surface area contributed by atoms with E-state index >= 15 is 0 Å². The van der Waals surface area contributed by atoms with Crippen LogP contribution in [0.3, 0.4) is 0 Å². The van der Waals surface area contributed by atoms with Gasteiger partial charge in [-0.25, -0.2) is 0 Å². The number of para-hydroxylation sites is 2. The Labute approximate surface area is 222 Å². The molecule has 1 heterocycles. The van der Waals surface area contributed by atoms with E-state index in [0.717, 1.165) is 16.7 Å². The summed E-state index contributed by atoms with van der Waals surface area (Å²) in [5, 5.41) is 3.11. The number of rotatable bonds is 8. The molecule has 0 spiro atoms. The van der Waals surface area contributed by atoms with E-state index in [0.29, 0.717) is 38.4 Å². The monoisotopic (exact) mass is 542 g/mol. The zero-order chi connectivity index (χ0) is 25.7. The van der Waals surface area contributed by atoms with Gasteiger partial charge in [0, 0.05) is 15.6 Å². The van der Waals surface area contributed by atoms with E-state index in [4.69, 9.17) is 32.7 Å². The fraction of sp³-hybridized carbons (Fsp3) is 0.115. The largest absolute Gasteiger partial charge is 0.495 e. The summed E-state index contributed by atoms with van der Waals surface area (Å²) in [6.07, 6.45) is 1.62. The van der Waals surface area contributed by atoms with Gasteiger partial charge in [-0.1, -0.05) is 53.5 Å². The molecule has 10 heteroatoms. The van der Waals surface area contributed by atoms with Crippen molar-refractivity contribution in [2.24, 2.45) is 0 Å². The van der Waals surface area contributed by atoms with Crippen LogP contribution in [-0.2, 0) is 16.1 Å². The molecule has 1 aliphatic rings. The number of hydrogen-bond acceptors (Lipinski definition) is 6. The Morgan fingerprint density at radius 3 is 2.39 bits per heavy atom. The molecule has 1 aliphatic heterocycles. The number of halogens is 2. The number of imide groups is 1. The van der Waals surface area contributed by atoms with Crippen LogP contribution in [0, 0.1) is 0 Å². The van der Waals surface area contributed by atoms with Crippen molar-refractivity contribution in [2.75, 3.05) is 19.0 Å². The normalized spacial score (nSPS) is 14.3. The molecule has 1 N–H and O–H groups in total. The third-order valence-corrected chi connectivity index (χ3v) is 6.80. The standard InChI is InChI=1S/C26H20Cl2N2O5S/c1-34-22-8-3-2-7-21(22)29-24(31)15-35-17-11-9-16(10-12-17)13-23-25(32)30(26(33)36-23)14-18-19(27)5-4-6-20(18)28/h2-13H,14-15H2,1H3,(H,29,31)/b23-13-. The van der Waals surface area contributed by atoms with Gasteiger partial charge in [-0.2, -0.15) is 0 Å². The number of benzene rings is 3. The zero-order valence-corrected chi connectivity index (χ0v) is 21.3. The summed E-state index contributed by atoms with van der Waals surface area (Å²) in [5.41, 5.74) is 1.76. The van der Waals surface area contributed by atoms with Crippen molar-refractivity contribution in [3.63, 3.8) is 0 Å². The van der Waals surface area contributed by atoms with Gasteiger partial charge in [-0.05, 0) is 59.8 Å². The Balaban J connectivity index is 1.36. The molecule has 0 radical (unpaired) electrons. The zero-order valence-electron chi connectivity index (χ0n) is 19.0. The van der Waals surface area contributed by atoms with Crippen LogP contribution in [0.1, 0.15) is 11.1 Å². The average Bonchev–Trinajstić information content (AvgIpc) is 3.13. The van der Waals surface area contributed by atoms with E-state index in [2.05, 4.69) is 5.32 Å². The van der Waals surface area contributed by atoms with Crippen LogP contribution >= 0.6 is 35.0 Å². The molecule has 3 aromatic rings. The van der Waals surface area contributed by atoms with E-state index in [1.165, 1.54) is 7.11 Å². The molecule has 3 amide bonds. The second-order valence-corrected chi connectivity index (χ2v) is 9.38. The van der Waals surface area contributed by atoms with E-state index in [9.17, 15) is 14.4 Å². The molecular weight excluding hydrogens is 523 g/mol. The van der Waals surface area contributed by atoms with Gasteiger partial charge >= 0.3 is 0 Å². The summed E-state index contributed by atoms with van der Waals surface area (Å²) in [6, 6.07) is 18.9. The lowest BCUT2D eigenvalue weighted by Gasteiger charge is -2.14. The Kier molecular flexibility index (Phi) is 8.20. The van der Waals surface area contributed by atoms with Gasteiger partial charge in [0.25, 0.3) is 17.1 Å². The molecule has 1 fully saturated rings. The van der Waals surface area contributed by atoms with Crippen molar-refractivity contribution in [1.82, 2.24) is 4.90 Å². The lowest BCUT2D eigenvalue weighted by atomic mass is 10.2. The maximum Gasteiger partial charge on any atom is 0.293 e. The molecule has 0 atom stereocenters. The highest BCUT2D eigenvalue weighted by atomic mass is 35.5. The molecule has 0 bridgehead atoms. The first kappa shape index (κ1) is 25.6. The second kappa shape index (κ2) is 11.5. The number of amides is 3. The van der Waals surface area contributed by atoms with Crippen LogP contribution in [0.5, 0.6) is 11.5 Å². The highest BCUT2D eigenvalue weighted by Gasteiger charge is 2.35. The number of carbonyl (C=O) groups is 3. The Bertz CT molecular complexity index is 1320. The van der Waals surface area contributed by atoms with E-state index in [1.54, 1.807) is 72.8 Å². The molecule has 0 aromatic heterocycles. The predicted molar refractivity (Wildman–Crippen MR) is 142 cm³/mol. The summed E-state index contributed by atoms with van der Waals surface area (Å²) in [4.78, 5) is 38.9. The summed E-state index contributed by atoms with van der Waals surface area (Å²) in [7, 11) is 1.53. The molecule has 7 nitrogen and oxygen atoms in total. The van der Waals surface area contributed by atoms with Gasteiger partial charge in [0.15, 0.2) is 6.61 Å². The molecule has 0 aliphatic carbocycles. The Hall–Kier alpha value is -3.46. The topological polar surface area (TPSA) is 84.9 Å². The van der Waals surface area contributed by atoms with Crippen molar-refractivity contribution in [3.8, 4) is 11.5 Å². The minimum absolute atomic E-state index is 0.00971. The first-order chi connectivity index (χ1) is 17.4. The van der Waals surface area contributed by atoms with Crippen molar-refractivity contribution >= 4 is 63.8 Å². The third-order valence-electron chi connectivity index (χ3n) is 5.18. The van der Waals surface area contributed by atoms with Gasteiger partial charge in [-0.15, -0.1) is 0 Å². The van der Waals surface area contributed by atoms with E-state index < -0.39 is 11.1 Å². The molecule has 184 valence electrons. The number of carbonyl (C=O) groups excluding carboxylic acids is 3. The molecule has 1 saturated heterocycles. The maximum atomic E-state index is 12.8. The molecular formula is C26H20Cl2N2O5S. The van der Waals surface area contributed by atoms with Crippen LogP contribution in [0.2, 0.25) is 10.0 Å². The Morgan fingerprint density at radius 2 is 1.69 bits per heavy atom. The fourth-order valence-electron chi connectivity index (χ4n) is 3.37. The van der Waals surface area contributed by atoms with Gasteiger partial charge in [0.2, 0.25) is 0 Å². The molecule has 4 rings (SSSR count). The maximum absolute atomic E-state index is 12.8. The number of thioether (sulfide) groups is 1. The number of nitrogens with one attached hydrogen (secondary N) is 1. The highest BCUT2D eigenvalue weighted by molar-refractivity contribution is 8.18. The Morgan fingerprint density at radius 1 is 1.00 bits per heavy atom. The average molecular weight is 543 g/mol. The highest BCUT2D eigenvalue weighted by Crippen LogP contribution is 2.35. The van der Waals surface area contributed by atoms with Gasteiger partial charge in [0.05, 0.1) is 24.2 Å². The summed E-state index contributed by atoms with van der Waals surface area (Å²) in [6.45, 7) is -0.203. The number of methoxy groups -OCH3 is 1. The number of nitrogens with zero attached hydrogens (tertiary/aromatic N) is 1. The molecule has 3 aromatic carbocycles. The number of hydrogen-bond donors (Lipinski definition) is 1. The summed E-state index contributed by atoms with van der Waals surface area (Å²) < 4.78 is 10.8. The minimum atomic E-state index is -0.422. The van der Waals surface area contributed by atoms with Crippen molar-refractivity contribution in [2.45, 2.75) is 6.54 Å². The minimum Gasteiger partial charge on any atom is -0.495 e. The van der Waals surface area contributed by atoms with Crippen LogP contribution in [-0.4, -0.2) is 35.7 Å². The fourth-order valence-corrected chi connectivity index (χ4v) is 4.73.